The summed E-state index contributed by atoms with van der Waals surface area (Å²) in [4.78, 5) is 11.4. The molecule has 1 aromatic heterocycles. The smallest absolute Gasteiger partial charge is 0.280 e. The molecule has 0 bridgehead atoms. The van der Waals surface area contributed by atoms with Gasteiger partial charge in [-0.1, -0.05) is 19.8 Å². The highest BCUT2D eigenvalue weighted by Gasteiger charge is 2.31. The van der Waals surface area contributed by atoms with Gasteiger partial charge in [-0.05, 0) is 40.6 Å². The van der Waals surface area contributed by atoms with Gasteiger partial charge in [0.1, 0.15) is 4.47 Å². The first-order valence-electron chi connectivity index (χ1n) is 6.14. The van der Waals surface area contributed by atoms with E-state index in [0.29, 0.717) is 9.89 Å². The molecule has 4 nitrogen and oxygen atoms in total. The largest absolute Gasteiger partial charge is 0.382 e. The number of nitrogens with zero attached hydrogens (tertiary/aromatic N) is 1. The van der Waals surface area contributed by atoms with E-state index in [1.807, 2.05) is 0 Å². The van der Waals surface area contributed by atoms with Crippen LogP contribution in [0.4, 0.5) is 5.69 Å². The van der Waals surface area contributed by atoms with Crippen molar-refractivity contribution in [2.75, 3.05) is 11.9 Å². The van der Waals surface area contributed by atoms with Crippen molar-refractivity contribution in [1.29, 1.82) is 0 Å². The summed E-state index contributed by atoms with van der Waals surface area (Å²) < 4.78 is 0.539. The van der Waals surface area contributed by atoms with Crippen LogP contribution in [0.3, 0.4) is 0 Å². The Kier molecular flexibility index (Phi) is 3.86. The molecule has 0 aromatic carbocycles. The van der Waals surface area contributed by atoms with E-state index in [1.54, 1.807) is 6.20 Å². The normalized spacial score (nSPS) is 18.2. The fraction of sp³-hybridized carbons (Fsp3) is 0.667. The van der Waals surface area contributed by atoms with E-state index >= 15 is 0 Å². The van der Waals surface area contributed by atoms with Gasteiger partial charge in [0.2, 0.25) is 0 Å². The van der Waals surface area contributed by atoms with Gasteiger partial charge < -0.3 is 5.32 Å². The van der Waals surface area contributed by atoms with E-state index in [-0.39, 0.29) is 5.56 Å². The molecule has 2 rings (SSSR count). The summed E-state index contributed by atoms with van der Waals surface area (Å²) in [5.41, 5.74) is 1.00. The standard InChI is InChI=1S/C12H18BrN3O/c1-2-12(5-3-4-6-12)8-14-9-7-15-16-11(17)10(9)13/h7H,2-6,8H2,1H3,(H2,14,16,17). The van der Waals surface area contributed by atoms with Crippen molar-refractivity contribution >= 4 is 21.6 Å². The highest BCUT2D eigenvalue weighted by atomic mass is 79.9. The predicted molar refractivity (Wildman–Crippen MR) is 72.2 cm³/mol. The van der Waals surface area contributed by atoms with Crippen molar-refractivity contribution in [2.24, 2.45) is 5.41 Å². The number of aromatic amines is 1. The van der Waals surface area contributed by atoms with E-state index in [4.69, 9.17) is 0 Å². The topological polar surface area (TPSA) is 57.8 Å². The molecule has 94 valence electrons. The van der Waals surface area contributed by atoms with Gasteiger partial charge in [0.15, 0.2) is 0 Å². The fourth-order valence-corrected chi connectivity index (χ4v) is 2.90. The second kappa shape index (κ2) is 5.21. The van der Waals surface area contributed by atoms with Crippen LogP contribution < -0.4 is 10.9 Å². The zero-order chi connectivity index (χ0) is 12.3. The quantitative estimate of drug-likeness (QED) is 0.899. The van der Waals surface area contributed by atoms with E-state index < -0.39 is 0 Å². The zero-order valence-electron chi connectivity index (χ0n) is 10.1. The van der Waals surface area contributed by atoms with Crippen molar-refractivity contribution in [3.8, 4) is 0 Å². The molecule has 0 unspecified atom stereocenters. The number of hydrogen-bond acceptors (Lipinski definition) is 3. The van der Waals surface area contributed by atoms with Crippen LogP contribution in [-0.2, 0) is 0 Å². The molecule has 0 amide bonds. The third-order valence-electron chi connectivity index (χ3n) is 3.86. The van der Waals surface area contributed by atoms with E-state index in [2.05, 4.69) is 38.4 Å². The Morgan fingerprint density at radius 1 is 1.53 bits per heavy atom. The first kappa shape index (κ1) is 12.6. The second-order valence-corrected chi connectivity index (χ2v) is 5.63. The van der Waals surface area contributed by atoms with Crippen LogP contribution in [0.2, 0.25) is 0 Å². The Labute approximate surface area is 109 Å². The van der Waals surface area contributed by atoms with Crippen LogP contribution in [0, 0.1) is 5.41 Å². The summed E-state index contributed by atoms with van der Waals surface area (Å²) in [7, 11) is 0. The van der Waals surface area contributed by atoms with E-state index in [9.17, 15) is 4.79 Å². The number of nitrogens with one attached hydrogen (secondary N) is 2. The molecular formula is C12H18BrN3O. The first-order chi connectivity index (χ1) is 8.17. The van der Waals surface area contributed by atoms with Crippen LogP contribution in [-0.4, -0.2) is 16.7 Å². The van der Waals surface area contributed by atoms with Gasteiger partial charge in [0, 0.05) is 6.54 Å². The van der Waals surface area contributed by atoms with Gasteiger partial charge >= 0.3 is 0 Å². The summed E-state index contributed by atoms with van der Waals surface area (Å²) >= 11 is 3.28. The first-order valence-corrected chi connectivity index (χ1v) is 6.93. The molecule has 1 aliphatic carbocycles. The van der Waals surface area contributed by atoms with Crippen molar-refractivity contribution < 1.29 is 0 Å². The summed E-state index contributed by atoms with van der Waals surface area (Å²) in [5, 5.41) is 9.57. The Balaban J connectivity index is 2.06. The maximum Gasteiger partial charge on any atom is 0.280 e. The molecule has 1 fully saturated rings. The Morgan fingerprint density at radius 3 is 2.88 bits per heavy atom. The van der Waals surface area contributed by atoms with Gasteiger partial charge in [0.25, 0.3) is 5.56 Å². The molecule has 1 saturated carbocycles. The fourth-order valence-electron chi connectivity index (χ4n) is 2.57. The summed E-state index contributed by atoms with van der Waals surface area (Å²) in [5.74, 6) is 0. The lowest BCUT2D eigenvalue weighted by Crippen LogP contribution is -2.26. The Bertz CT molecular complexity index is 438. The van der Waals surface area contributed by atoms with E-state index in [0.717, 1.165) is 12.2 Å². The highest BCUT2D eigenvalue weighted by Crippen LogP contribution is 2.41. The van der Waals surface area contributed by atoms with Gasteiger partial charge in [0.05, 0.1) is 11.9 Å². The minimum absolute atomic E-state index is 0.188. The lowest BCUT2D eigenvalue weighted by molar-refractivity contribution is 0.306. The van der Waals surface area contributed by atoms with Crippen LogP contribution in [0.5, 0.6) is 0 Å². The number of H-pyrrole nitrogens is 1. The van der Waals surface area contributed by atoms with Gasteiger partial charge in [-0.3, -0.25) is 4.79 Å². The Hall–Kier alpha value is -0.840. The number of aromatic nitrogens is 2. The molecule has 2 N–H and O–H groups in total. The van der Waals surface area contributed by atoms with Crippen molar-refractivity contribution in [3.63, 3.8) is 0 Å². The molecule has 1 aromatic rings. The van der Waals surface area contributed by atoms with E-state index in [1.165, 1.54) is 32.1 Å². The monoisotopic (exact) mass is 299 g/mol. The average molecular weight is 300 g/mol. The third-order valence-corrected chi connectivity index (χ3v) is 4.65. The number of halogens is 1. The third kappa shape index (κ3) is 2.70. The lowest BCUT2D eigenvalue weighted by atomic mass is 9.83. The number of anilines is 1. The second-order valence-electron chi connectivity index (χ2n) is 4.84. The minimum atomic E-state index is -0.188. The molecule has 0 spiro atoms. The molecule has 5 heteroatoms. The zero-order valence-corrected chi connectivity index (χ0v) is 11.6. The van der Waals surface area contributed by atoms with Crippen LogP contribution in [0.25, 0.3) is 0 Å². The van der Waals surface area contributed by atoms with Crippen LogP contribution in [0.15, 0.2) is 15.5 Å². The predicted octanol–water partition coefficient (Wildman–Crippen LogP) is 2.91. The lowest BCUT2D eigenvalue weighted by Gasteiger charge is -2.28. The van der Waals surface area contributed by atoms with Crippen LogP contribution in [0.1, 0.15) is 39.0 Å². The molecule has 17 heavy (non-hydrogen) atoms. The molecular weight excluding hydrogens is 282 g/mol. The highest BCUT2D eigenvalue weighted by molar-refractivity contribution is 9.10. The number of rotatable bonds is 4. The molecule has 0 radical (unpaired) electrons. The SMILES string of the molecule is CCC1(CNc2cn[nH]c(=O)c2Br)CCCC1. The molecule has 0 saturated heterocycles. The molecule has 0 aliphatic heterocycles. The maximum atomic E-state index is 11.4. The summed E-state index contributed by atoms with van der Waals surface area (Å²) in [6.45, 7) is 3.17. The van der Waals surface area contributed by atoms with Crippen molar-refractivity contribution in [3.05, 3.63) is 21.0 Å². The minimum Gasteiger partial charge on any atom is -0.382 e. The molecule has 1 heterocycles. The maximum absolute atomic E-state index is 11.4. The van der Waals surface area contributed by atoms with Crippen molar-refractivity contribution in [2.45, 2.75) is 39.0 Å². The van der Waals surface area contributed by atoms with Gasteiger partial charge in [-0.25, -0.2) is 5.10 Å². The molecule has 1 aliphatic rings. The van der Waals surface area contributed by atoms with Crippen LogP contribution >= 0.6 is 15.9 Å². The Morgan fingerprint density at radius 2 is 2.24 bits per heavy atom. The van der Waals surface area contributed by atoms with Gasteiger partial charge in [-0.15, -0.1) is 0 Å². The van der Waals surface area contributed by atoms with Gasteiger partial charge in [-0.2, -0.15) is 5.10 Å². The van der Waals surface area contributed by atoms with Crippen molar-refractivity contribution in [1.82, 2.24) is 10.2 Å². The summed E-state index contributed by atoms with van der Waals surface area (Å²) in [6.07, 6.45) is 8.06. The average Bonchev–Trinajstić information content (AvgIpc) is 2.81. The summed E-state index contributed by atoms with van der Waals surface area (Å²) in [6, 6.07) is 0. The molecule has 0 atom stereocenters. The number of hydrogen-bond donors (Lipinski definition) is 2.